The maximum atomic E-state index is 9.20. The second kappa shape index (κ2) is 5.44. The Morgan fingerprint density at radius 1 is 1.26 bits per heavy atom. The summed E-state index contributed by atoms with van der Waals surface area (Å²) in [7, 11) is 0. The number of nitrogens with zero attached hydrogens (tertiary/aromatic N) is 4. The summed E-state index contributed by atoms with van der Waals surface area (Å²) in [4.78, 5) is 4.30. The number of rotatable bonds is 3. The van der Waals surface area contributed by atoms with Crippen molar-refractivity contribution in [1.82, 2.24) is 15.2 Å². The summed E-state index contributed by atoms with van der Waals surface area (Å²) in [6.07, 6.45) is 1.75. The molecule has 5 nitrogen and oxygen atoms in total. The second-order valence-corrected chi connectivity index (χ2v) is 4.37. The summed E-state index contributed by atoms with van der Waals surface area (Å²) >= 11 is 0. The fourth-order valence-corrected chi connectivity index (χ4v) is 1.74. The van der Waals surface area contributed by atoms with Crippen LogP contribution in [0.1, 0.15) is 28.1 Å². The summed E-state index contributed by atoms with van der Waals surface area (Å²) in [5.41, 5.74) is 4.21. The molecule has 2 aromatic heterocycles. The molecule has 0 aliphatic rings. The number of nitriles is 1. The molecule has 0 aliphatic heterocycles. The first-order chi connectivity index (χ1) is 9.13. The average Bonchev–Trinajstić information content (AvgIpc) is 2.41. The summed E-state index contributed by atoms with van der Waals surface area (Å²) in [6.45, 7) is 6.25. The van der Waals surface area contributed by atoms with Crippen LogP contribution in [0, 0.1) is 32.1 Å². The predicted molar refractivity (Wildman–Crippen MR) is 72.5 cm³/mol. The minimum Gasteiger partial charge on any atom is -0.362 e. The fourth-order valence-electron chi connectivity index (χ4n) is 1.74. The van der Waals surface area contributed by atoms with Crippen molar-refractivity contribution >= 4 is 5.82 Å². The highest BCUT2D eigenvalue weighted by Gasteiger charge is 2.10. The lowest BCUT2D eigenvalue weighted by Crippen LogP contribution is -2.09. The van der Waals surface area contributed by atoms with E-state index in [9.17, 15) is 5.26 Å². The van der Waals surface area contributed by atoms with Crippen LogP contribution in [0.4, 0.5) is 5.82 Å². The van der Waals surface area contributed by atoms with Gasteiger partial charge in [-0.3, -0.25) is 4.98 Å². The van der Waals surface area contributed by atoms with Crippen LogP contribution in [0.2, 0.25) is 0 Å². The van der Waals surface area contributed by atoms with E-state index in [0.29, 0.717) is 17.9 Å². The Balaban J connectivity index is 2.24. The smallest absolute Gasteiger partial charge is 0.167 e. The largest absolute Gasteiger partial charge is 0.362 e. The van der Waals surface area contributed by atoms with Gasteiger partial charge in [0, 0.05) is 6.20 Å². The van der Waals surface area contributed by atoms with Gasteiger partial charge in [0.25, 0.3) is 0 Å². The Labute approximate surface area is 112 Å². The van der Waals surface area contributed by atoms with E-state index in [1.165, 1.54) is 0 Å². The first kappa shape index (κ1) is 13.0. The number of pyridine rings is 1. The van der Waals surface area contributed by atoms with Gasteiger partial charge >= 0.3 is 0 Å². The highest BCUT2D eigenvalue weighted by molar-refractivity contribution is 5.55. The number of hydrogen-bond acceptors (Lipinski definition) is 5. The van der Waals surface area contributed by atoms with Gasteiger partial charge in [0.15, 0.2) is 5.82 Å². The van der Waals surface area contributed by atoms with Crippen LogP contribution in [0.25, 0.3) is 0 Å². The molecule has 0 unspecified atom stereocenters. The van der Waals surface area contributed by atoms with E-state index in [2.05, 4.69) is 26.6 Å². The average molecular weight is 253 g/mol. The Bertz CT molecular complexity index is 643. The Hall–Kier alpha value is -2.48. The van der Waals surface area contributed by atoms with Gasteiger partial charge in [-0.15, -0.1) is 5.10 Å². The molecular weight excluding hydrogens is 238 g/mol. The lowest BCUT2D eigenvalue weighted by Gasteiger charge is -2.10. The van der Waals surface area contributed by atoms with Crippen molar-refractivity contribution in [2.45, 2.75) is 27.3 Å². The van der Waals surface area contributed by atoms with E-state index in [1.54, 1.807) is 6.20 Å². The number of aryl methyl sites for hydroxylation is 2. The van der Waals surface area contributed by atoms with E-state index < -0.39 is 0 Å². The molecule has 0 amide bonds. The molecule has 0 aromatic carbocycles. The van der Waals surface area contributed by atoms with Crippen LogP contribution < -0.4 is 5.32 Å². The molecule has 0 radical (unpaired) electrons. The van der Waals surface area contributed by atoms with Gasteiger partial charge in [0.05, 0.1) is 17.9 Å². The third-order valence-electron chi connectivity index (χ3n) is 3.11. The van der Waals surface area contributed by atoms with Gasteiger partial charge in [0.1, 0.15) is 11.6 Å². The van der Waals surface area contributed by atoms with Crippen LogP contribution in [-0.2, 0) is 6.54 Å². The lowest BCUT2D eigenvalue weighted by atomic mass is 10.1. The normalized spacial score (nSPS) is 10.0. The Morgan fingerprint density at radius 2 is 2.05 bits per heavy atom. The molecule has 0 saturated carbocycles. The van der Waals surface area contributed by atoms with E-state index in [1.807, 2.05) is 32.9 Å². The highest BCUT2D eigenvalue weighted by atomic mass is 15.2. The van der Waals surface area contributed by atoms with E-state index in [0.717, 1.165) is 22.5 Å². The first-order valence-corrected chi connectivity index (χ1v) is 6.02. The molecule has 0 bridgehead atoms. The number of nitrogens with one attached hydrogen (secondary N) is 1. The van der Waals surface area contributed by atoms with Gasteiger partial charge in [-0.25, -0.2) is 0 Å². The predicted octanol–water partition coefficient (Wildman–Crippen LogP) is 2.28. The van der Waals surface area contributed by atoms with Crippen LogP contribution >= 0.6 is 0 Å². The van der Waals surface area contributed by atoms with Crippen molar-refractivity contribution in [3.63, 3.8) is 0 Å². The van der Waals surface area contributed by atoms with E-state index in [4.69, 9.17) is 0 Å². The van der Waals surface area contributed by atoms with Gasteiger partial charge in [-0.05, 0) is 38.0 Å². The van der Waals surface area contributed by atoms with Crippen molar-refractivity contribution < 1.29 is 0 Å². The molecule has 19 heavy (non-hydrogen) atoms. The Morgan fingerprint density at radius 3 is 2.74 bits per heavy atom. The molecule has 0 saturated heterocycles. The summed E-state index contributed by atoms with van der Waals surface area (Å²) in [5, 5.41) is 20.4. The summed E-state index contributed by atoms with van der Waals surface area (Å²) < 4.78 is 0. The molecule has 5 heteroatoms. The zero-order valence-electron chi connectivity index (χ0n) is 11.2. The Kier molecular flexibility index (Phi) is 3.71. The van der Waals surface area contributed by atoms with Crippen molar-refractivity contribution in [3.05, 3.63) is 46.4 Å². The second-order valence-electron chi connectivity index (χ2n) is 4.37. The molecule has 2 rings (SSSR count). The fraction of sp³-hybridized carbons (Fsp3) is 0.286. The molecule has 0 fully saturated rings. The molecule has 96 valence electrons. The molecule has 0 spiro atoms. The minimum absolute atomic E-state index is 0.510. The quantitative estimate of drug-likeness (QED) is 0.908. The molecule has 1 N–H and O–H groups in total. The van der Waals surface area contributed by atoms with Gasteiger partial charge in [-0.1, -0.05) is 6.07 Å². The lowest BCUT2D eigenvalue weighted by molar-refractivity contribution is 0.927. The highest BCUT2D eigenvalue weighted by Crippen LogP contribution is 2.17. The van der Waals surface area contributed by atoms with E-state index in [-0.39, 0.29) is 0 Å². The monoisotopic (exact) mass is 253 g/mol. The van der Waals surface area contributed by atoms with Gasteiger partial charge in [0.2, 0.25) is 0 Å². The van der Waals surface area contributed by atoms with Crippen molar-refractivity contribution in [1.29, 1.82) is 5.26 Å². The van der Waals surface area contributed by atoms with Crippen LogP contribution in [0.5, 0.6) is 0 Å². The molecule has 0 atom stereocenters. The zero-order chi connectivity index (χ0) is 13.8. The molecule has 2 heterocycles. The summed E-state index contributed by atoms with van der Waals surface area (Å²) in [6, 6.07) is 6.07. The number of anilines is 1. The maximum Gasteiger partial charge on any atom is 0.167 e. The number of aromatic nitrogens is 3. The SMILES string of the molecule is Cc1cccnc1CNc1nnc(C)c(C)c1C#N. The van der Waals surface area contributed by atoms with Crippen LogP contribution in [-0.4, -0.2) is 15.2 Å². The third-order valence-corrected chi connectivity index (χ3v) is 3.11. The van der Waals surface area contributed by atoms with Crippen LogP contribution in [0.15, 0.2) is 18.3 Å². The summed E-state index contributed by atoms with van der Waals surface area (Å²) in [5.74, 6) is 0.510. The zero-order valence-corrected chi connectivity index (χ0v) is 11.2. The molecular formula is C14H15N5. The minimum atomic E-state index is 0.510. The topological polar surface area (TPSA) is 74.5 Å². The standard InChI is InChI=1S/C14H15N5/c1-9-5-4-6-16-13(9)8-17-14-12(7-15)10(2)11(3)18-19-14/h4-6H,8H2,1-3H3,(H,17,19). The van der Waals surface area contributed by atoms with Gasteiger partial charge < -0.3 is 5.32 Å². The van der Waals surface area contributed by atoms with E-state index >= 15 is 0 Å². The molecule has 2 aromatic rings. The van der Waals surface area contributed by atoms with Crippen molar-refractivity contribution in [2.75, 3.05) is 5.32 Å². The maximum absolute atomic E-state index is 9.20. The number of hydrogen-bond donors (Lipinski definition) is 1. The van der Waals surface area contributed by atoms with Gasteiger partial charge in [-0.2, -0.15) is 10.4 Å². The third kappa shape index (κ3) is 2.68. The van der Waals surface area contributed by atoms with Crippen molar-refractivity contribution in [3.8, 4) is 6.07 Å². The molecule has 0 aliphatic carbocycles. The van der Waals surface area contributed by atoms with Crippen molar-refractivity contribution in [2.24, 2.45) is 0 Å². The van der Waals surface area contributed by atoms with Crippen LogP contribution in [0.3, 0.4) is 0 Å². The first-order valence-electron chi connectivity index (χ1n) is 6.02.